The van der Waals surface area contributed by atoms with Crippen molar-refractivity contribution in [2.75, 3.05) is 44.3 Å². The standard InChI is InChI=1S/C17H22N4O2/c1-12-9-13(2)19-16(15(12)10-18)21-4-3-14(11-21)17(22)20-5-7-23-8-6-20/h9,14H,3-8,11H2,1-2H3. The molecule has 1 aromatic heterocycles. The Labute approximate surface area is 136 Å². The third kappa shape index (κ3) is 3.15. The van der Waals surface area contributed by atoms with E-state index in [4.69, 9.17) is 4.74 Å². The molecule has 23 heavy (non-hydrogen) atoms. The third-order valence-corrected chi connectivity index (χ3v) is 4.60. The van der Waals surface area contributed by atoms with Crippen LogP contribution in [0.25, 0.3) is 0 Å². The molecule has 0 spiro atoms. The van der Waals surface area contributed by atoms with Crippen molar-refractivity contribution in [3.63, 3.8) is 0 Å². The Morgan fingerprint density at radius 2 is 2.09 bits per heavy atom. The highest BCUT2D eigenvalue weighted by Gasteiger charge is 2.33. The third-order valence-electron chi connectivity index (χ3n) is 4.60. The summed E-state index contributed by atoms with van der Waals surface area (Å²) in [4.78, 5) is 21.2. The van der Waals surface area contributed by atoms with Crippen LogP contribution in [0.3, 0.4) is 0 Å². The predicted molar refractivity (Wildman–Crippen MR) is 86.1 cm³/mol. The van der Waals surface area contributed by atoms with Crippen molar-refractivity contribution in [2.24, 2.45) is 5.92 Å². The summed E-state index contributed by atoms with van der Waals surface area (Å²) in [6.45, 7) is 7.89. The Balaban J connectivity index is 1.75. The molecule has 0 radical (unpaired) electrons. The summed E-state index contributed by atoms with van der Waals surface area (Å²) in [5.74, 6) is 0.920. The van der Waals surface area contributed by atoms with E-state index in [1.165, 1.54) is 0 Å². The normalized spacial score (nSPS) is 21.3. The van der Waals surface area contributed by atoms with Gasteiger partial charge in [0.25, 0.3) is 0 Å². The number of hydrogen-bond donors (Lipinski definition) is 0. The molecule has 2 aliphatic heterocycles. The molecule has 2 saturated heterocycles. The second-order valence-corrected chi connectivity index (χ2v) is 6.26. The van der Waals surface area contributed by atoms with E-state index in [1.54, 1.807) is 0 Å². The van der Waals surface area contributed by atoms with Crippen LogP contribution < -0.4 is 4.90 Å². The van der Waals surface area contributed by atoms with Crippen LogP contribution in [-0.4, -0.2) is 55.2 Å². The molecule has 2 fully saturated rings. The Bertz CT molecular complexity index is 647. The van der Waals surface area contributed by atoms with E-state index in [-0.39, 0.29) is 11.8 Å². The highest BCUT2D eigenvalue weighted by atomic mass is 16.5. The molecule has 6 nitrogen and oxygen atoms in total. The molecule has 6 heteroatoms. The molecule has 1 aromatic rings. The lowest BCUT2D eigenvalue weighted by atomic mass is 10.1. The summed E-state index contributed by atoms with van der Waals surface area (Å²) in [5.41, 5.74) is 2.47. The molecule has 0 aromatic carbocycles. The van der Waals surface area contributed by atoms with Crippen molar-refractivity contribution in [1.29, 1.82) is 5.26 Å². The van der Waals surface area contributed by atoms with Gasteiger partial charge in [0.15, 0.2) is 0 Å². The number of amides is 1. The van der Waals surface area contributed by atoms with Crippen LogP contribution in [-0.2, 0) is 9.53 Å². The van der Waals surface area contributed by atoms with Crippen LogP contribution in [0.4, 0.5) is 5.82 Å². The number of aromatic nitrogens is 1. The monoisotopic (exact) mass is 314 g/mol. The van der Waals surface area contributed by atoms with Gasteiger partial charge in [-0.3, -0.25) is 4.79 Å². The summed E-state index contributed by atoms with van der Waals surface area (Å²) in [6, 6.07) is 4.18. The molecular formula is C17H22N4O2. The van der Waals surface area contributed by atoms with E-state index < -0.39 is 0 Å². The summed E-state index contributed by atoms with van der Waals surface area (Å²) in [5, 5.41) is 9.42. The summed E-state index contributed by atoms with van der Waals surface area (Å²) in [7, 11) is 0. The topological polar surface area (TPSA) is 69.5 Å². The second-order valence-electron chi connectivity index (χ2n) is 6.26. The minimum absolute atomic E-state index is 0.0118. The highest BCUT2D eigenvalue weighted by molar-refractivity contribution is 5.80. The van der Waals surface area contributed by atoms with Gasteiger partial charge in [-0.2, -0.15) is 5.26 Å². The zero-order chi connectivity index (χ0) is 16.4. The molecule has 1 atom stereocenters. The van der Waals surface area contributed by atoms with Crippen LogP contribution in [0.1, 0.15) is 23.2 Å². The van der Waals surface area contributed by atoms with Crippen molar-refractivity contribution in [2.45, 2.75) is 20.3 Å². The van der Waals surface area contributed by atoms with E-state index >= 15 is 0 Å². The van der Waals surface area contributed by atoms with E-state index in [2.05, 4.69) is 16.0 Å². The van der Waals surface area contributed by atoms with E-state index in [0.29, 0.717) is 38.4 Å². The Kier molecular flexibility index (Phi) is 4.49. The van der Waals surface area contributed by atoms with E-state index in [0.717, 1.165) is 30.0 Å². The molecule has 1 unspecified atom stereocenters. The van der Waals surface area contributed by atoms with Gasteiger partial charge in [-0.1, -0.05) is 0 Å². The summed E-state index contributed by atoms with van der Waals surface area (Å²) in [6.07, 6.45) is 0.815. The first-order valence-electron chi connectivity index (χ1n) is 8.10. The number of anilines is 1. The number of nitriles is 1. The van der Waals surface area contributed by atoms with Crippen LogP contribution in [0.5, 0.6) is 0 Å². The number of carbonyl (C=O) groups excluding carboxylic acids is 1. The minimum atomic E-state index is -0.0118. The fraction of sp³-hybridized carbons (Fsp3) is 0.588. The van der Waals surface area contributed by atoms with Crippen molar-refractivity contribution >= 4 is 11.7 Å². The second kappa shape index (κ2) is 6.55. The number of aryl methyl sites for hydroxylation is 2. The average Bonchev–Trinajstić information content (AvgIpc) is 3.04. The zero-order valence-corrected chi connectivity index (χ0v) is 13.7. The van der Waals surface area contributed by atoms with Crippen molar-refractivity contribution in [3.05, 3.63) is 22.9 Å². The van der Waals surface area contributed by atoms with Crippen LogP contribution >= 0.6 is 0 Å². The highest BCUT2D eigenvalue weighted by Crippen LogP contribution is 2.28. The first-order valence-corrected chi connectivity index (χ1v) is 8.10. The maximum atomic E-state index is 12.6. The molecule has 0 aliphatic carbocycles. The van der Waals surface area contributed by atoms with Crippen molar-refractivity contribution in [3.8, 4) is 6.07 Å². The number of rotatable bonds is 2. The number of nitrogens with zero attached hydrogens (tertiary/aromatic N) is 4. The number of morpholine rings is 1. The molecule has 0 N–H and O–H groups in total. The molecule has 1 amide bonds. The van der Waals surface area contributed by atoms with Crippen LogP contribution in [0.15, 0.2) is 6.07 Å². The van der Waals surface area contributed by atoms with Crippen LogP contribution in [0.2, 0.25) is 0 Å². The largest absolute Gasteiger partial charge is 0.378 e. The van der Waals surface area contributed by atoms with Gasteiger partial charge in [0, 0.05) is 31.9 Å². The van der Waals surface area contributed by atoms with E-state index in [1.807, 2.05) is 24.8 Å². The molecule has 0 saturated carbocycles. The quantitative estimate of drug-likeness (QED) is 0.822. The molecule has 3 rings (SSSR count). The van der Waals surface area contributed by atoms with Gasteiger partial charge < -0.3 is 14.5 Å². The maximum absolute atomic E-state index is 12.6. The first kappa shape index (κ1) is 15.8. The van der Waals surface area contributed by atoms with Gasteiger partial charge in [-0.15, -0.1) is 0 Å². The summed E-state index contributed by atoms with van der Waals surface area (Å²) < 4.78 is 5.31. The lowest BCUT2D eigenvalue weighted by molar-refractivity contribution is -0.138. The van der Waals surface area contributed by atoms with Gasteiger partial charge in [-0.25, -0.2) is 4.98 Å². The average molecular weight is 314 g/mol. The minimum Gasteiger partial charge on any atom is -0.378 e. The summed E-state index contributed by atoms with van der Waals surface area (Å²) >= 11 is 0. The van der Waals surface area contributed by atoms with E-state index in [9.17, 15) is 10.1 Å². The number of hydrogen-bond acceptors (Lipinski definition) is 5. The molecule has 2 aliphatic rings. The fourth-order valence-corrected chi connectivity index (χ4v) is 3.38. The molecule has 3 heterocycles. The number of carbonyl (C=O) groups is 1. The van der Waals surface area contributed by atoms with Crippen molar-refractivity contribution in [1.82, 2.24) is 9.88 Å². The zero-order valence-electron chi connectivity index (χ0n) is 13.7. The van der Waals surface area contributed by atoms with Crippen LogP contribution in [0, 0.1) is 31.1 Å². The lowest BCUT2D eigenvalue weighted by Gasteiger charge is -2.29. The van der Waals surface area contributed by atoms with Crippen molar-refractivity contribution < 1.29 is 9.53 Å². The Morgan fingerprint density at radius 3 is 2.78 bits per heavy atom. The first-order chi connectivity index (χ1) is 11.1. The molecule has 0 bridgehead atoms. The Morgan fingerprint density at radius 1 is 1.35 bits per heavy atom. The van der Waals surface area contributed by atoms with Gasteiger partial charge in [-0.05, 0) is 31.9 Å². The van der Waals surface area contributed by atoms with Gasteiger partial charge >= 0.3 is 0 Å². The molecule has 122 valence electrons. The smallest absolute Gasteiger partial charge is 0.227 e. The predicted octanol–water partition coefficient (Wildman–Crippen LogP) is 1.26. The van der Waals surface area contributed by atoms with Gasteiger partial charge in [0.1, 0.15) is 11.9 Å². The Hall–Kier alpha value is -2.13. The fourth-order valence-electron chi connectivity index (χ4n) is 3.38. The van der Waals surface area contributed by atoms with Gasteiger partial charge in [0.2, 0.25) is 5.91 Å². The molecular weight excluding hydrogens is 292 g/mol. The number of ether oxygens (including phenoxy) is 1. The lowest BCUT2D eigenvalue weighted by Crippen LogP contribution is -2.44. The maximum Gasteiger partial charge on any atom is 0.227 e. The number of pyridine rings is 1. The SMILES string of the molecule is Cc1cc(C)c(C#N)c(N2CCC(C(=O)N3CCOCC3)C2)n1. The van der Waals surface area contributed by atoms with Gasteiger partial charge in [0.05, 0.1) is 24.7 Å².